The van der Waals surface area contributed by atoms with Crippen LogP contribution in [-0.4, -0.2) is 125 Å². The highest BCUT2D eigenvalue weighted by molar-refractivity contribution is 6.33. The van der Waals surface area contributed by atoms with E-state index in [0.717, 1.165) is 102 Å². The smallest absolute Gasteiger partial charge is 0.255 e. The van der Waals surface area contributed by atoms with E-state index < -0.39 is 18.3 Å². The zero-order chi connectivity index (χ0) is 36.8. The first-order valence-corrected chi connectivity index (χ1v) is 19.4. The number of halogens is 1. The molecule has 0 saturated carbocycles. The third-order valence-electron chi connectivity index (χ3n) is 10.7. The second-order valence-electron chi connectivity index (χ2n) is 14.6. The summed E-state index contributed by atoms with van der Waals surface area (Å²) in [6.07, 6.45) is 7.22. The SMILES string of the molecule is Nc1c(Cl)cc(C(=O)NCC2CCN(CC3CCN(C(=O)CCCCCCCCC(=O)NCC(O)C(O)C(O)CCO)CC3)CC2)c2c1CCO2. The van der Waals surface area contributed by atoms with Gasteiger partial charge in [0.05, 0.1) is 35.1 Å². The number of unbranched alkanes of at least 4 members (excludes halogenated alkanes) is 5. The molecule has 3 unspecified atom stereocenters. The molecule has 0 spiro atoms. The molecule has 3 heterocycles. The van der Waals surface area contributed by atoms with Gasteiger partial charge >= 0.3 is 0 Å². The number of anilines is 1. The van der Waals surface area contributed by atoms with Crippen molar-refractivity contribution in [2.75, 3.05) is 64.8 Å². The molecule has 0 radical (unpaired) electrons. The lowest BCUT2D eigenvalue weighted by Crippen LogP contribution is -2.44. The molecule has 2 saturated heterocycles. The van der Waals surface area contributed by atoms with E-state index >= 15 is 0 Å². The molecular formula is C37H60ClN5O8. The van der Waals surface area contributed by atoms with Crippen molar-refractivity contribution in [1.82, 2.24) is 20.4 Å². The Bertz CT molecular complexity index is 1270. The van der Waals surface area contributed by atoms with Crippen molar-refractivity contribution < 1.29 is 39.5 Å². The van der Waals surface area contributed by atoms with E-state index in [0.29, 0.717) is 66.3 Å². The zero-order valence-electron chi connectivity index (χ0n) is 30.0. The number of piperidine rings is 2. The third-order valence-corrected chi connectivity index (χ3v) is 11.0. The summed E-state index contributed by atoms with van der Waals surface area (Å²) in [4.78, 5) is 42.3. The fourth-order valence-electron chi connectivity index (χ4n) is 7.39. The van der Waals surface area contributed by atoms with Gasteiger partial charge in [-0.25, -0.2) is 0 Å². The summed E-state index contributed by atoms with van der Waals surface area (Å²) in [6.45, 7) is 5.45. The van der Waals surface area contributed by atoms with Gasteiger partial charge in [0, 0.05) is 64.2 Å². The molecule has 4 rings (SSSR count). The minimum atomic E-state index is -1.42. The highest BCUT2D eigenvalue weighted by atomic mass is 35.5. The van der Waals surface area contributed by atoms with Crippen molar-refractivity contribution in [2.45, 2.75) is 108 Å². The van der Waals surface area contributed by atoms with Gasteiger partial charge in [0.2, 0.25) is 11.8 Å². The highest BCUT2D eigenvalue weighted by Crippen LogP contribution is 2.38. The number of rotatable bonds is 20. The molecule has 288 valence electrons. The van der Waals surface area contributed by atoms with E-state index in [1.165, 1.54) is 0 Å². The molecular weight excluding hydrogens is 678 g/mol. The number of aliphatic hydroxyl groups is 4. The van der Waals surface area contributed by atoms with E-state index in [2.05, 4.69) is 15.5 Å². The maximum atomic E-state index is 13.0. The Kier molecular flexibility index (Phi) is 17.0. The molecule has 51 heavy (non-hydrogen) atoms. The van der Waals surface area contributed by atoms with Crippen molar-refractivity contribution in [3.05, 3.63) is 22.2 Å². The summed E-state index contributed by atoms with van der Waals surface area (Å²) in [6, 6.07) is 1.61. The van der Waals surface area contributed by atoms with Crippen molar-refractivity contribution >= 4 is 35.0 Å². The molecule has 14 heteroatoms. The molecule has 1 aromatic carbocycles. The normalized spacial score (nSPS) is 18.9. The minimum Gasteiger partial charge on any atom is -0.492 e. The Morgan fingerprint density at radius 2 is 1.55 bits per heavy atom. The largest absolute Gasteiger partial charge is 0.492 e. The molecule has 8 N–H and O–H groups in total. The Hall–Kier alpha value is -2.68. The van der Waals surface area contributed by atoms with Crippen LogP contribution >= 0.6 is 11.6 Å². The van der Waals surface area contributed by atoms with Crippen LogP contribution in [0.4, 0.5) is 5.69 Å². The summed E-state index contributed by atoms with van der Waals surface area (Å²) in [5, 5.41) is 44.2. The number of likely N-dealkylation sites (tertiary alicyclic amines) is 2. The number of carbonyl (C=O) groups is 3. The zero-order valence-corrected chi connectivity index (χ0v) is 30.8. The van der Waals surface area contributed by atoms with Crippen LogP contribution in [0.1, 0.15) is 99.4 Å². The topological polar surface area (TPSA) is 198 Å². The van der Waals surface area contributed by atoms with Gasteiger partial charge in [0.1, 0.15) is 11.9 Å². The average molecular weight is 738 g/mol. The number of benzene rings is 1. The van der Waals surface area contributed by atoms with Crippen molar-refractivity contribution in [3.8, 4) is 5.75 Å². The molecule has 13 nitrogen and oxygen atoms in total. The number of hydrogen-bond donors (Lipinski definition) is 7. The van der Waals surface area contributed by atoms with Crippen LogP contribution < -0.4 is 21.1 Å². The maximum absolute atomic E-state index is 13.0. The molecule has 3 atom stereocenters. The van der Waals surface area contributed by atoms with Gasteiger partial charge in [0.25, 0.3) is 5.91 Å². The summed E-state index contributed by atoms with van der Waals surface area (Å²) in [5.41, 5.74) is 7.86. The number of ether oxygens (including phenoxy) is 1. The Morgan fingerprint density at radius 1 is 0.902 bits per heavy atom. The first-order valence-electron chi connectivity index (χ1n) is 19.0. The lowest BCUT2D eigenvalue weighted by Gasteiger charge is -2.37. The van der Waals surface area contributed by atoms with Crippen LogP contribution in [0.25, 0.3) is 0 Å². The molecule has 3 aliphatic heterocycles. The number of hydrogen-bond acceptors (Lipinski definition) is 10. The van der Waals surface area contributed by atoms with Gasteiger partial charge in [-0.3, -0.25) is 14.4 Å². The molecule has 3 aliphatic rings. The van der Waals surface area contributed by atoms with Gasteiger partial charge in [0.15, 0.2) is 0 Å². The lowest BCUT2D eigenvalue weighted by molar-refractivity contribution is -0.132. The molecule has 0 aromatic heterocycles. The van der Waals surface area contributed by atoms with Gasteiger partial charge in [-0.15, -0.1) is 0 Å². The quantitative estimate of drug-likeness (QED) is 0.0770. The minimum absolute atomic E-state index is 0.0460. The van der Waals surface area contributed by atoms with Gasteiger partial charge in [-0.1, -0.05) is 37.3 Å². The summed E-state index contributed by atoms with van der Waals surface area (Å²) in [7, 11) is 0. The van der Waals surface area contributed by atoms with Crippen molar-refractivity contribution in [3.63, 3.8) is 0 Å². The average Bonchev–Trinajstić information content (AvgIpc) is 3.63. The van der Waals surface area contributed by atoms with Crippen molar-refractivity contribution in [2.24, 2.45) is 11.8 Å². The van der Waals surface area contributed by atoms with E-state index in [1.54, 1.807) is 6.07 Å². The number of nitrogens with two attached hydrogens (primary N) is 1. The number of nitrogens with zero attached hydrogens (tertiary/aromatic N) is 2. The number of nitrogens with one attached hydrogen (secondary N) is 2. The first kappa shape index (κ1) is 41.1. The molecule has 2 fully saturated rings. The number of amides is 3. The molecule has 3 amide bonds. The first-order chi connectivity index (χ1) is 24.6. The van der Waals surface area contributed by atoms with E-state index in [1.807, 2.05) is 4.90 Å². The second-order valence-corrected chi connectivity index (χ2v) is 15.0. The monoisotopic (exact) mass is 737 g/mol. The van der Waals surface area contributed by atoms with Gasteiger partial charge < -0.3 is 51.3 Å². The van der Waals surface area contributed by atoms with Crippen LogP contribution in [0.5, 0.6) is 5.75 Å². The Labute approximate surface area is 307 Å². The van der Waals surface area contributed by atoms with Gasteiger partial charge in [-0.2, -0.15) is 0 Å². The number of nitrogen functional groups attached to an aromatic ring is 1. The van der Waals surface area contributed by atoms with Crippen LogP contribution in [0, 0.1) is 11.8 Å². The maximum Gasteiger partial charge on any atom is 0.255 e. The number of carbonyl (C=O) groups excluding carboxylic acids is 3. The summed E-state index contributed by atoms with van der Waals surface area (Å²) >= 11 is 6.28. The van der Waals surface area contributed by atoms with Crippen molar-refractivity contribution in [1.29, 1.82) is 0 Å². The fraction of sp³-hybridized carbons (Fsp3) is 0.757. The van der Waals surface area contributed by atoms with Crippen LogP contribution in [-0.2, 0) is 16.0 Å². The predicted molar refractivity (Wildman–Crippen MR) is 196 cm³/mol. The van der Waals surface area contributed by atoms with Crippen LogP contribution in [0.15, 0.2) is 6.07 Å². The van der Waals surface area contributed by atoms with Crippen LogP contribution in [0.2, 0.25) is 5.02 Å². The molecule has 0 aliphatic carbocycles. The van der Waals surface area contributed by atoms with Crippen LogP contribution in [0.3, 0.4) is 0 Å². The highest BCUT2D eigenvalue weighted by Gasteiger charge is 2.29. The van der Waals surface area contributed by atoms with E-state index in [9.17, 15) is 29.7 Å². The number of fused-ring (bicyclic) bond motifs is 1. The molecule has 0 bridgehead atoms. The van der Waals surface area contributed by atoms with E-state index in [-0.39, 0.29) is 37.3 Å². The molecule has 1 aromatic rings. The standard InChI is InChI=1S/C37H60ClN5O8/c38-29-21-28(36-27(34(29)39)14-20-51-36)37(50)41-22-25-9-15-42(16-10-25)24-26-11-17-43(18-12-26)33(48)8-6-4-2-1-3-5-7-32(47)40-23-31(46)35(49)30(45)13-19-44/h21,25-26,30-31,35,44-46,49H,1-20,22-24,39H2,(H,40,47)(H,41,50). The Balaban J connectivity index is 0.986. The number of aliphatic hydroxyl groups excluding tert-OH is 4. The van der Waals surface area contributed by atoms with Gasteiger partial charge in [-0.05, 0) is 75.9 Å². The second kappa shape index (κ2) is 21.1. The summed E-state index contributed by atoms with van der Waals surface area (Å²) < 4.78 is 5.69. The lowest BCUT2D eigenvalue weighted by atomic mass is 9.92. The third kappa shape index (κ3) is 12.7. The fourth-order valence-corrected chi connectivity index (χ4v) is 7.61. The van der Waals surface area contributed by atoms with E-state index in [4.69, 9.17) is 27.2 Å². The predicted octanol–water partition coefficient (Wildman–Crippen LogP) is 2.24. The summed E-state index contributed by atoms with van der Waals surface area (Å²) in [5.74, 6) is 1.48. The Morgan fingerprint density at radius 3 is 2.24 bits per heavy atom.